The molecule has 2 aliphatic heterocycles. The molecule has 0 N–H and O–H groups in total. The predicted molar refractivity (Wildman–Crippen MR) is 127 cm³/mol. The minimum Gasteiger partial charge on any atom is -0.444 e. The summed E-state index contributed by atoms with van der Waals surface area (Å²) in [7, 11) is 3.61. The van der Waals surface area contributed by atoms with E-state index in [1.807, 2.05) is 52.1 Å². The smallest absolute Gasteiger partial charge is 0.410 e. The van der Waals surface area contributed by atoms with Gasteiger partial charge < -0.3 is 14.4 Å². The number of carbonyl (C=O) groups is 1. The Kier molecular flexibility index (Phi) is 5.55. The molecule has 0 saturated heterocycles. The van der Waals surface area contributed by atoms with Crippen LogP contribution in [0.4, 0.5) is 10.5 Å². The molecule has 0 aromatic heterocycles. The average Bonchev–Trinajstić information content (AvgIpc) is 2.80. The van der Waals surface area contributed by atoms with Crippen LogP contribution in [-0.4, -0.2) is 42.0 Å². The number of rotatable bonds is 2. The van der Waals surface area contributed by atoms with Gasteiger partial charge in [-0.2, -0.15) is 12.6 Å². The molecular weight excluding hydrogens is 432 g/mol. The van der Waals surface area contributed by atoms with E-state index < -0.39 is 16.4 Å². The minimum absolute atomic E-state index is 0.141. The van der Waals surface area contributed by atoms with E-state index in [4.69, 9.17) is 34.9 Å². The largest absolute Gasteiger partial charge is 0.444 e. The lowest BCUT2D eigenvalue weighted by atomic mass is 9.99. The van der Waals surface area contributed by atoms with Gasteiger partial charge >= 0.3 is 6.09 Å². The number of hydrogen-bond donors (Lipinski definition) is 4. The van der Waals surface area contributed by atoms with Gasteiger partial charge in [-0.15, -0.1) is 25.3 Å². The third-order valence-electron chi connectivity index (χ3n) is 4.62. The Morgan fingerprint density at radius 1 is 1.29 bits per heavy atom. The van der Waals surface area contributed by atoms with Gasteiger partial charge in [0.1, 0.15) is 10.3 Å². The highest BCUT2D eigenvalue weighted by molar-refractivity contribution is 7.91. The molecule has 1 aromatic rings. The Morgan fingerprint density at radius 3 is 2.50 bits per heavy atom. The highest BCUT2D eigenvalue weighted by Crippen LogP contribution is 2.57. The second kappa shape index (κ2) is 7.12. The Labute approximate surface area is 188 Å². The van der Waals surface area contributed by atoms with E-state index in [1.165, 1.54) is 4.90 Å². The molecule has 0 bridgehead atoms. The second-order valence-electron chi connectivity index (χ2n) is 8.11. The third kappa shape index (κ3) is 3.56. The van der Waals surface area contributed by atoms with E-state index in [-0.39, 0.29) is 10.4 Å². The second-order valence-corrected chi connectivity index (χ2v) is 10.5. The van der Waals surface area contributed by atoms with Gasteiger partial charge in [0.2, 0.25) is 5.76 Å². The molecule has 0 saturated carbocycles. The molecule has 9 heteroatoms. The van der Waals surface area contributed by atoms with E-state index in [2.05, 4.69) is 25.3 Å². The number of ether oxygens (including phenoxy) is 2. The fourth-order valence-corrected chi connectivity index (χ4v) is 5.20. The summed E-state index contributed by atoms with van der Waals surface area (Å²) in [4.78, 5) is 14.6. The summed E-state index contributed by atoms with van der Waals surface area (Å²) >= 11 is 19.0. The Morgan fingerprint density at radius 2 is 1.89 bits per heavy atom. The van der Waals surface area contributed by atoms with Crippen LogP contribution in [0.25, 0.3) is 5.76 Å². The number of amides is 1. The van der Waals surface area contributed by atoms with Gasteiger partial charge in [0.05, 0.1) is 36.9 Å². The van der Waals surface area contributed by atoms with E-state index in [1.54, 1.807) is 7.05 Å². The number of thiol groups is 4. The number of quaternary nitrogens is 1. The lowest BCUT2D eigenvalue weighted by molar-refractivity contribution is 0.0291. The zero-order valence-corrected chi connectivity index (χ0v) is 20.0. The molecule has 0 aliphatic carbocycles. The molecule has 0 fully saturated rings. The first-order valence-corrected chi connectivity index (χ1v) is 10.4. The van der Waals surface area contributed by atoms with Crippen LogP contribution < -0.4 is 3.89 Å². The summed E-state index contributed by atoms with van der Waals surface area (Å²) in [6, 6.07) is 7.86. The van der Waals surface area contributed by atoms with Crippen molar-refractivity contribution in [1.82, 2.24) is 8.79 Å². The van der Waals surface area contributed by atoms with E-state index >= 15 is 0 Å². The molecule has 0 spiro atoms. The van der Waals surface area contributed by atoms with Crippen LogP contribution in [0, 0.1) is 0 Å². The highest BCUT2D eigenvalue weighted by atomic mass is 32.1. The normalized spacial score (nSPS) is 26.6. The summed E-state index contributed by atoms with van der Waals surface area (Å²) in [5.74, 6) is 0.642. The van der Waals surface area contributed by atoms with Crippen molar-refractivity contribution < 1.29 is 14.3 Å². The van der Waals surface area contributed by atoms with E-state index in [9.17, 15) is 4.79 Å². The molecule has 2 aliphatic rings. The van der Waals surface area contributed by atoms with Crippen molar-refractivity contribution in [2.45, 2.75) is 31.1 Å². The summed E-state index contributed by atoms with van der Waals surface area (Å²) in [6.07, 6.45) is -0.444. The maximum Gasteiger partial charge on any atom is 0.410 e. The van der Waals surface area contributed by atoms with Gasteiger partial charge in [-0.3, -0.25) is 0 Å². The fourth-order valence-electron chi connectivity index (χ4n) is 3.47. The van der Waals surface area contributed by atoms with Gasteiger partial charge in [-0.25, -0.2) is 8.68 Å². The topological polar surface area (TPSA) is 38.8 Å². The zero-order valence-electron chi connectivity index (χ0n) is 16.4. The van der Waals surface area contributed by atoms with Gasteiger partial charge in [0.15, 0.2) is 16.5 Å². The van der Waals surface area contributed by atoms with Crippen LogP contribution in [0.2, 0.25) is 0 Å². The fraction of sp³-hybridized carbons (Fsp3) is 0.421. The maximum absolute atomic E-state index is 12.6. The van der Waals surface area contributed by atoms with Crippen molar-refractivity contribution in [3.8, 4) is 0 Å². The summed E-state index contributed by atoms with van der Waals surface area (Å²) in [5.41, 5.74) is 2.05. The van der Waals surface area contributed by atoms with E-state index in [0.29, 0.717) is 15.8 Å². The first-order chi connectivity index (χ1) is 12.8. The van der Waals surface area contributed by atoms with Crippen molar-refractivity contribution in [1.29, 1.82) is 0 Å². The van der Waals surface area contributed by atoms with Crippen LogP contribution >= 0.6 is 50.7 Å². The zero-order chi connectivity index (χ0) is 21.1. The predicted octanol–water partition coefficient (Wildman–Crippen LogP) is 4.75. The van der Waals surface area contributed by atoms with E-state index in [0.717, 1.165) is 16.9 Å². The Hall–Kier alpha value is -0.870. The summed E-state index contributed by atoms with van der Waals surface area (Å²) in [5, 5.41) is 0.347. The first kappa shape index (κ1) is 21.8. The van der Waals surface area contributed by atoms with Gasteiger partial charge in [0, 0.05) is 13.1 Å². The molecule has 152 valence electrons. The quantitative estimate of drug-likeness (QED) is 0.383. The van der Waals surface area contributed by atoms with Crippen molar-refractivity contribution in [3.63, 3.8) is 0 Å². The van der Waals surface area contributed by atoms with Crippen LogP contribution in [0.5, 0.6) is 0 Å². The van der Waals surface area contributed by atoms with Crippen LogP contribution in [0.1, 0.15) is 26.3 Å². The van der Waals surface area contributed by atoms with Crippen molar-refractivity contribution in [3.05, 3.63) is 45.5 Å². The lowest BCUT2D eigenvalue weighted by Crippen LogP contribution is -2.51. The molecule has 0 radical (unpaired) electrons. The molecule has 2 heterocycles. The molecule has 5 nitrogen and oxygen atoms in total. The van der Waals surface area contributed by atoms with Crippen molar-refractivity contribution >= 4 is 68.2 Å². The van der Waals surface area contributed by atoms with Gasteiger partial charge in [0.25, 0.3) is 0 Å². The van der Waals surface area contributed by atoms with Crippen molar-refractivity contribution in [2.24, 2.45) is 0 Å². The number of para-hydroxylation sites is 1. The highest BCUT2D eigenvalue weighted by Gasteiger charge is 2.57. The average molecular weight is 458 g/mol. The molecule has 1 amide bonds. The first-order valence-electron chi connectivity index (χ1n) is 8.70. The maximum atomic E-state index is 12.6. The Bertz CT molecular complexity index is 905. The molecular formula is C19H25N2O3S4+. The summed E-state index contributed by atoms with van der Waals surface area (Å²) < 4.78 is 10.7. The van der Waals surface area contributed by atoms with Crippen LogP contribution in [-0.2, 0) is 9.47 Å². The SMILES string of the molecule is CN(CC1(S)C(S)=C(S)OC2=C1[N+](C)(S)c1ccccc12)C(=O)OC(C)(C)C. The lowest BCUT2D eigenvalue weighted by Gasteiger charge is -2.40. The standard InChI is InChI=1S/C19H24N2O3S4/c1-18(2,3)24-17(22)20(4)10-19(27)14-13(23-16(26)15(19)25)11-8-6-7-9-12(11)21(14,5)28/h6-9,28H,10H2,1-5H3,(H2-,25,26,27)/p+1. The van der Waals surface area contributed by atoms with Crippen LogP contribution in [0.3, 0.4) is 0 Å². The van der Waals surface area contributed by atoms with Gasteiger partial charge in [-0.1, -0.05) is 12.1 Å². The van der Waals surface area contributed by atoms with Gasteiger partial charge in [-0.05, 0) is 26.8 Å². The third-order valence-corrected chi connectivity index (χ3v) is 6.87. The minimum atomic E-state index is -0.963. The number of fused-ring (bicyclic) bond motifs is 2. The number of benzene rings is 1. The summed E-state index contributed by atoms with van der Waals surface area (Å²) in [6.45, 7) is 5.69. The molecule has 3 rings (SSSR count). The molecule has 1 aromatic carbocycles. The van der Waals surface area contributed by atoms with Crippen LogP contribution in [0.15, 0.2) is 40.0 Å². The molecule has 2 atom stereocenters. The monoisotopic (exact) mass is 457 g/mol. The number of carbonyl (C=O) groups excluding carboxylic acids is 1. The van der Waals surface area contributed by atoms with Crippen molar-refractivity contribution in [2.75, 3.05) is 20.6 Å². The number of nitrogens with zero attached hydrogens (tertiary/aromatic N) is 2. The molecule has 2 unspecified atom stereocenters. The molecule has 28 heavy (non-hydrogen) atoms. The Balaban J connectivity index is 2.06. The number of hydrogen-bond acceptors (Lipinski definition) is 7.